The second kappa shape index (κ2) is 11.2. The molecule has 1 aromatic heterocycles. The number of carbonyl (C=O) groups is 3. The van der Waals surface area contributed by atoms with Gasteiger partial charge in [0.2, 0.25) is 0 Å². The lowest BCUT2D eigenvalue weighted by Crippen LogP contribution is -2.34. The van der Waals surface area contributed by atoms with E-state index in [0.29, 0.717) is 22.1 Å². The minimum absolute atomic E-state index is 0.145. The SMILES string of the molecule is O=C(COC(=O)CSc1nnc(-c2ccc(F)cc2)n1-c1ccccc1)NC(=O)c1ccccc1. The van der Waals surface area contributed by atoms with Gasteiger partial charge in [0.05, 0.1) is 5.75 Å². The molecule has 0 saturated carbocycles. The number of ether oxygens (including phenoxy) is 1. The van der Waals surface area contributed by atoms with Crippen LogP contribution in [0.2, 0.25) is 0 Å². The smallest absolute Gasteiger partial charge is 0.316 e. The number of thioether (sulfide) groups is 1. The van der Waals surface area contributed by atoms with Crippen LogP contribution in [0.5, 0.6) is 0 Å². The molecule has 8 nitrogen and oxygen atoms in total. The molecule has 0 fully saturated rings. The lowest BCUT2D eigenvalue weighted by molar-refractivity contribution is -0.145. The van der Waals surface area contributed by atoms with Crippen molar-refractivity contribution >= 4 is 29.5 Å². The predicted molar refractivity (Wildman–Crippen MR) is 127 cm³/mol. The van der Waals surface area contributed by atoms with Crippen molar-refractivity contribution < 1.29 is 23.5 Å². The Kier molecular flexibility index (Phi) is 7.63. The largest absolute Gasteiger partial charge is 0.455 e. The molecule has 0 atom stereocenters. The van der Waals surface area contributed by atoms with Gasteiger partial charge in [0.25, 0.3) is 11.8 Å². The fourth-order valence-corrected chi connectivity index (χ4v) is 3.84. The lowest BCUT2D eigenvalue weighted by Gasteiger charge is -2.10. The minimum atomic E-state index is -0.733. The van der Waals surface area contributed by atoms with Crippen LogP contribution in [0.1, 0.15) is 10.4 Å². The first-order valence-corrected chi connectivity index (χ1v) is 11.4. The Morgan fingerprint density at radius 2 is 1.54 bits per heavy atom. The number of nitrogens with one attached hydrogen (secondary N) is 1. The average Bonchev–Trinajstić information content (AvgIpc) is 3.31. The Labute approximate surface area is 204 Å². The van der Waals surface area contributed by atoms with Crippen molar-refractivity contribution in [3.63, 3.8) is 0 Å². The maximum atomic E-state index is 13.4. The number of carbonyl (C=O) groups excluding carboxylic acids is 3. The summed E-state index contributed by atoms with van der Waals surface area (Å²) in [5.41, 5.74) is 1.73. The summed E-state index contributed by atoms with van der Waals surface area (Å²) in [6.45, 7) is -0.593. The number of halogens is 1. The van der Waals surface area contributed by atoms with Crippen molar-refractivity contribution in [3.05, 3.63) is 96.3 Å². The molecule has 35 heavy (non-hydrogen) atoms. The normalized spacial score (nSPS) is 10.5. The number of esters is 1. The molecule has 0 aliphatic heterocycles. The predicted octanol–water partition coefficient (Wildman–Crippen LogP) is 3.67. The molecule has 176 valence electrons. The maximum Gasteiger partial charge on any atom is 0.316 e. The summed E-state index contributed by atoms with van der Waals surface area (Å²) >= 11 is 1.07. The van der Waals surface area contributed by atoms with Crippen LogP contribution in [-0.2, 0) is 14.3 Å². The molecule has 0 aliphatic carbocycles. The van der Waals surface area contributed by atoms with Gasteiger partial charge in [-0.2, -0.15) is 0 Å². The van der Waals surface area contributed by atoms with Crippen molar-refractivity contribution in [1.82, 2.24) is 20.1 Å². The van der Waals surface area contributed by atoms with E-state index in [4.69, 9.17) is 4.74 Å². The first-order chi connectivity index (χ1) is 17.0. The molecule has 0 bridgehead atoms. The molecular formula is C25H19FN4O4S. The molecule has 0 saturated heterocycles. The summed E-state index contributed by atoms with van der Waals surface area (Å²) in [6.07, 6.45) is 0. The van der Waals surface area contributed by atoms with Crippen LogP contribution in [0.15, 0.2) is 90.1 Å². The Morgan fingerprint density at radius 3 is 2.23 bits per heavy atom. The molecule has 10 heteroatoms. The van der Waals surface area contributed by atoms with Gasteiger partial charge in [-0.05, 0) is 48.5 Å². The van der Waals surface area contributed by atoms with E-state index < -0.39 is 24.4 Å². The topological polar surface area (TPSA) is 103 Å². The molecular weight excluding hydrogens is 471 g/mol. The zero-order valence-corrected chi connectivity index (χ0v) is 19.1. The lowest BCUT2D eigenvalue weighted by atomic mass is 10.2. The molecule has 2 amide bonds. The monoisotopic (exact) mass is 490 g/mol. The Morgan fingerprint density at radius 1 is 0.886 bits per heavy atom. The van der Waals surface area contributed by atoms with Gasteiger partial charge in [-0.15, -0.1) is 10.2 Å². The van der Waals surface area contributed by atoms with E-state index in [0.717, 1.165) is 17.4 Å². The third-order valence-electron chi connectivity index (χ3n) is 4.72. The molecule has 1 heterocycles. The number of aromatic nitrogens is 3. The molecule has 0 radical (unpaired) electrons. The first kappa shape index (κ1) is 23.8. The van der Waals surface area contributed by atoms with Gasteiger partial charge in [0, 0.05) is 16.8 Å². The first-order valence-electron chi connectivity index (χ1n) is 10.5. The summed E-state index contributed by atoms with van der Waals surface area (Å²) in [4.78, 5) is 36.2. The molecule has 4 aromatic rings. The molecule has 3 aromatic carbocycles. The Bertz CT molecular complexity index is 1330. The quantitative estimate of drug-likeness (QED) is 0.297. The van der Waals surface area contributed by atoms with Crippen molar-refractivity contribution in [2.24, 2.45) is 0 Å². The third kappa shape index (κ3) is 6.18. The van der Waals surface area contributed by atoms with Gasteiger partial charge in [-0.3, -0.25) is 24.3 Å². The number of amides is 2. The Balaban J connectivity index is 1.39. The van der Waals surface area contributed by atoms with E-state index in [-0.39, 0.29) is 11.6 Å². The number of nitrogens with zero attached hydrogens (tertiary/aromatic N) is 3. The fourth-order valence-electron chi connectivity index (χ4n) is 3.09. The van der Waals surface area contributed by atoms with Crippen LogP contribution in [0.25, 0.3) is 17.1 Å². The molecule has 0 unspecified atom stereocenters. The van der Waals surface area contributed by atoms with Crippen LogP contribution in [0.4, 0.5) is 4.39 Å². The van der Waals surface area contributed by atoms with Gasteiger partial charge < -0.3 is 4.74 Å². The summed E-state index contributed by atoms with van der Waals surface area (Å²) in [7, 11) is 0. The van der Waals surface area contributed by atoms with E-state index in [9.17, 15) is 18.8 Å². The second-order valence-electron chi connectivity index (χ2n) is 7.18. The van der Waals surface area contributed by atoms with E-state index in [1.807, 2.05) is 30.3 Å². The zero-order chi connectivity index (χ0) is 24.6. The van der Waals surface area contributed by atoms with Crippen LogP contribution in [0.3, 0.4) is 0 Å². The van der Waals surface area contributed by atoms with E-state index >= 15 is 0 Å². The van der Waals surface area contributed by atoms with Crippen LogP contribution >= 0.6 is 11.8 Å². The highest BCUT2D eigenvalue weighted by molar-refractivity contribution is 7.99. The van der Waals surface area contributed by atoms with Crippen molar-refractivity contribution in [1.29, 1.82) is 0 Å². The maximum absolute atomic E-state index is 13.4. The number of hydrogen-bond acceptors (Lipinski definition) is 7. The molecule has 4 rings (SSSR count). The number of rotatable bonds is 8. The standard InChI is InChI=1S/C25H19FN4O4S/c26-19-13-11-17(12-14-19)23-28-29-25(30(23)20-9-5-2-6-10-20)35-16-22(32)34-15-21(31)27-24(33)18-7-3-1-4-8-18/h1-14H,15-16H2,(H,27,31,33). The van der Waals surface area contributed by atoms with Gasteiger partial charge in [-0.1, -0.05) is 48.2 Å². The van der Waals surface area contributed by atoms with E-state index in [1.165, 1.54) is 12.1 Å². The summed E-state index contributed by atoms with van der Waals surface area (Å²) in [5.74, 6) is -2.01. The number of para-hydroxylation sites is 1. The second-order valence-corrected chi connectivity index (χ2v) is 8.12. The molecule has 0 aliphatic rings. The van der Waals surface area contributed by atoms with Crippen LogP contribution in [-0.4, -0.2) is 44.9 Å². The summed E-state index contributed by atoms with van der Waals surface area (Å²) in [5, 5.41) is 11.0. The number of imide groups is 1. The number of benzene rings is 3. The zero-order valence-electron chi connectivity index (χ0n) is 18.3. The van der Waals surface area contributed by atoms with E-state index in [1.54, 1.807) is 47.0 Å². The number of hydrogen-bond donors (Lipinski definition) is 1. The summed E-state index contributed by atoms with van der Waals surface area (Å²) in [6, 6.07) is 23.3. The van der Waals surface area contributed by atoms with E-state index in [2.05, 4.69) is 15.5 Å². The minimum Gasteiger partial charge on any atom is -0.455 e. The third-order valence-corrected chi connectivity index (χ3v) is 5.62. The van der Waals surface area contributed by atoms with Gasteiger partial charge >= 0.3 is 5.97 Å². The summed E-state index contributed by atoms with van der Waals surface area (Å²) < 4.78 is 20.1. The molecule has 0 spiro atoms. The Hall–Kier alpha value is -4.31. The van der Waals surface area contributed by atoms with Gasteiger partial charge in [-0.25, -0.2) is 4.39 Å². The van der Waals surface area contributed by atoms with Crippen molar-refractivity contribution in [2.75, 3.05) is 12.4 Å². The van der Waals surface area contributed by atoms with Crippen molar-refractivity contribution in [3.8, 4) is 17.1 Å². The fraction of sp³-hybridized carbons (Fsp3) is 0.0800. The van der Waals surface area contributed by atoms with Crippen LogP contribution in [0, 0.1) is 5.82 Å². The highest BCUT2D eigenvalue weighted by atomic mass is 32.2. The highest BCUT2D eigenvalue weighted by Gasteiger charge is 2.18. The highest BCUT2D eigenvalue weighted by Crippen LogP contribution is 2.28. The average molecular weight is 491 g/mol. The molecule has 1 N–H and O–H groups in total. The van der Waals surface area contributed by atoms with Crippen molar-refractivity contribution in [2.45, 2.75) is 5.16 Å². The van der Waals surface area contributed by atoms with Crippen LogP contribution < -0.4 is 5.32 Å². The van der Waals surface area contributed by atoms with Gasteiger partial charge in [0.15, 0.2) is 17.6 Å². The van der Waals surface area contributed by atoms with Gasteiger partial charge in [0.1, 0.15) is 5.82 Å².